The summed E-state index contributed by atoms with van der Waals surface area (Å²) in [5, 5.41) is 19.4. The quantitative estimate of drug-likeness (QED) is 0.726. The summed E-state index contributed by atoms with van der Waals surface area (Å²) < 4.78 is 0. The van der Waals surface area contributed by atoms with Crippen LogP contribution in [0.15, 0.2) is 12.2 Å². The summed E-state index contributed by atoms with van der Waals surface area (Å²) in [6.07, 6.45) is 3.81. The average molecular weight is 238 g/mol. The zero-order valence-corrected chi connectivity index (χ0v) is 11.4. The zero-order chi connectivity index (χ0) is 12.8. The Morgan fingerprint density at radius 3 is 2.59 bits per heavy atom. The predicted molar refractivity (Wildman–Crippen MR) is 69.6 cm³/mol. The molecule has 2 aliphatic carbocycles. The lowest BCUT2D eigenvalue weighted by molar-refractivity contribution is -0.0830. The van der Waals surface area contributed by atoms with Gasteiger partial charge in [-0.1, -0.05) is 32.9 Å². The van der Waals surface area contributed by atoms with Crippen molar-refractivity contribution in [2.75, 3.05) is 6.61 Å². The lowest BCUT2D eigenvalue weighted by Crippen LogP contribution is -2.52. The molecule has 17 heavy (non-hydrogen) atoms. The Kier molecular flexibility index (Phi) is 3.16. The van der Waals surface area contributed by atoms with E-state index in [2.05, 4.69) is 27.4 Å². The highest BCUT2D eigenvalue weighted by molar-refractivity contribution is 5.24. The molecule has 2 heteroatoms. The maximum absolute atomic E-state index is 10.1. The van der Waals surface area contributed by atoms with Gasteiger partial charge in [0.05, 0.1) is 12.7 Å². The summed E-state index contributed by atoms with van der Waals surface area (Å²) >= 11 is 0. The highest BCUT2D eigenvalue weighted by atomic mass is 16.3. The second kappa shape index (κ2) is 4.10. The molecule has 0 spiro atoms. The van der Waals surface area contributed by atoms with Crippen LogP contribution in [-0.4, -0.2) is 22.9 Å². The Bertz CT molecular complexity index is 325. The van der Waals surface area contributed by atoms with Crippen LogP contribution < -0.4 is 0 Å². The Morgan fingerprint density at radius 2 is 2.00 bits per heavy atom. The van der Waals surface area contributed by atoms with E-state index in [1.165, 1.54) is 12.0 Å². The molecule has 2 nitrogen and oxygen atoms in total. The number of aliphatic hydroxyl groups is 2. The van der Waals surface area contributed by atoms with Crippen LogP contribution in [0.1, 0.15) is 46.5 Å². The van der Waals surface area contributed by atoms with Crippen molar-refractivity contribution in [1.29, 1.82) is 0 Å². The largest absolute Gasteiger partial charge is 0.394 e. The number of allylic oxidation sites excluding steroid dienone is 1. The minimum atomic E-state index is -0.609. The Hall–Kier alpha value is -0.340. The molecule has 0 aromatic heterocycles. The van der Waals surface area contributed by atoms with Crippen LogP contribution in [0.3, 0.4) is 0 Å². The molecule has 2 saturated carbocycles. The molecule has 0 amide bonds. The summed E-state index contributed by atoms with van der Waals surface area (Å²) in [7, 11) is 0. The van der Waals surface area contributed by atoms with Crippen molar-refractivity contribution in [1.82, 2.24) is 0 Å². The van der Waals surface area contributed by atoms with Gasteiger partial charge in [-0.05, 0) is 42.9 Å². The summed E-state index contributed by atoms with van der Waals surface area (Å²) in [4.78, 5) is 0. The SMILES string of the molecule is C=C1C2CCC(C)C1(C)CCC2(C)C(O)CO. The van der Waals surface area contributed by atoms with Gasteiger partial charge in [0.15, 0.2) is 0 Å². The van der Waals surface area contributed by atoms with E-state index >= 15 is 0 Å². The first kappa shape index (κ1) is 13.1. The highest BCUT2D eigenvalue weighted by Gasteiger charge is 2.54. The molecule has 2 N–H and O–H groups in total. The van der Waals surface area contributed by atoms with Crippen molar-refractivity contribution in [2.45, 2.75) is 52.6 Å². The summed E-state index contributed by atoms with van der Waals surface area (Å²) in [5.74, 6) is 1.07. The van der Waals surface area contributed by atoms with E-state index in [0.29, 0.717) is 11.8 Å². The molecule has 0 aromatic rings. The molecule has 0 aromatic carbocycles. The van der Waals surface area contributed by atoms with Gasteiger partial charge in [-0.25, -0.2) is 0 Å². The van der Waals surface area contributed by atoms with Gasteiger partial charge in [0, 0.05) is 5.41 Å². The standard InChI is InChI=1S/C15H26O2/c1-10-5-6-12-11(2)14(10,3)7-8-15(12,4)13(17)9-16/h10,12-13,16-17H,2,5-9H2,1,3-4H3. The minimum Gasteiger partial charge on any atom is -0.394 e. The molecule has 0 heterocycles. The van der Waals surface area contributed by atoms with E-state index < -0.39 is 6.10 Å². The molecule has 2 bridgehead atoms. The van der Waals surface area contributed by atoms with Gasteiger partial charge in [-0.2, -0.15) is 0 Å². The Morgan fingerprint density at radius 1 is 1.35 bits per heavy atom. The van der Waals surface area contributed by atoms with Crippen LogP contribution in [0.4, 0.5) is 0 Å². The van der Waals surface area contributed by atoms with Crippen LogP contribution >= 0.6 is 0 Å². The Labute approximate surface area is 105 Å². The van der Waals surface area contributed by atoms with Crippen LogP contribution in [-0.2, 0) is 0 Å². The molecule has 2 rings (SSSR count). The fourth-order valence-corrected chi connectivity index (χ4v) is 4.07. The normalized spacial score (nSPS) is 47.9. The van der Waals surface area contributed by atoms with E-state index in [0.717, 1.165) is 19.3 Å². The molecule has 5 unspecified atom stereocenters. The molecule has 2 fully saturated rings. The molecule has 2 aliphatic rings. The Balaban J connectivity index is 2.32. The lowest BCUT2D eigenvalue weighted by Gasteiger charge is -2.58. The first-order valence-corrected chi connectivity index (χ1v) is 6.84. The maximum atomic E-state index is 10.1. The summed E-state index contributed by atoms with van der Waals surface area (Å²) in [6.45, 7) is 11.0. The van der Waals surface area contributed by atoms with Gasteiger partial charge in [-0.15, -0.1) is 0 Å². The molecule has 0 saturated heterocycles. The monoisotopic (exact) mass is 238 g/mol. The number of hydrogen-bond donors (Lipinski definition) is 2. The van der Waals surface area contributed by atoms with Crippen LogP contribution in [0.2, 0.25) is 0 Å². The topological polar surface area (TPSA) is 40.5 Å². The smallest absolute Gasteiger partial charge is 0.0830 e. The molecule has 5 atom stereocenters. The lowest BCUT2D eigenvalue weighted by atomic mass is 9.47. The number of fused-ring (bicyclic) bond motifs is 2. The third kappa shape index (κ3) is 1.68. The van der Waals surface area contributed by atoms with E-state index in [1.54, 1.807) is 0 Å². The van der Waals surface area contributed by atoms with Crippen molar-refractivity contribution < 1.29 is 10.2 Å². The van der Waals surface area contributed by atoms with Crippen molar-refractivity contribution >= 4 is 0 Å². The van der Waals surface area contributed by atoms with Gasteiger partial charge >= 0.3 is 0 Å². The van der Waals surface area contributed by atoms with E-state index in [1.807, 2.05) is 0 Å². The third-order valence-corrected chi connectivity index (χ3v) is 6.04. The third-order valence-electron chi connectivity index (χ3n) is 6.04. The first-order valence-electron chi connectivity index (χ1n) is 6.84. The second-order valence-electron chi connectivity index (χ2n) is 6.68. The van der Waals surface area contributed by atoms with E-state index in [-0.39, 0.29) is 17.4 Å². The highest BCUT2D eigenvalue weighted by Crippen LogP contribution is 2.61. The van der Waals surface area contributed by atoms with E-state index in [4.69, 9.17) is 0 Å². The van der Waals surface area contributed by atoms with Crippen molar-refractivity contribution in [3.05, 3.63) is 12.2 Å². The molecular formula is C15H26O2. The van der Waals surface area contributed by atoms with Gasteiger partial charge in [0.1, 0.15) is 0 Å². The molecular weight excluding hydrogens is 212 g/mol. The van der Waals surface area contributed by atoms with Crippen LogP contribution in [0, 0.1) is 22.7 Å². The van der Waals surface area contributed by atoms with Crippen LogP contribution in [0.5, 0.6) is 0 Å². The number of hydrogen-bond acceptors (Lipinski definition) is 2. The van der Waals surface area contributed by atoms with Crippen molar-refractivity contribution in [3.8, 4) is 0 Å². The predicted octanol–water partition coefficient (Wildman–Crippen LogP) is 2.75. The first-order chi connectivity index (χ1) is 7.86. The molecule has 98 valence electrons. The van der Waals surface area contributed by atoms with E-state index in [9.17, 15) is 10.2 Å². The molecule has 0 radical (unpaired) electrons. The maximum Gasteiger partial charge on any atom is 0.0830 e. The second-order valence-corrected chi connectivity index (χ2v) is 6.68. The fraction of sp³-hybridized carbons (Fsp3) is 0.867. The zero-order valence-electron chi connectivity index (χ0n) is 11.4. The van der Waals surface area contributed by atoms with Crippen molar-refractivity contribution in [2.24, 2.45) is 22.7 Å². The number of rotatable bonds is 2. The van der Waals surface area contributed by atoms with Gasteiger partial charge in [0.25, 0.3) is 0 Å². The summed E-state index contributed by atoms with van der Waals surface area (Å²) in [5.41, 5.74) is 1.39. The average Bonchev–Trinajstić information content (AvgIpc) is 2.31. The van der Waals surface area contributed by atoms with Crippen LogP contribution in [0.25, 0.3) is 0 Å². The fourth-order valence-electron chi connectivity index (χ4n) is 4.07. The molecule has 0 aliphatic heterocycles. The minimum absolute atomic E-state index is 0.132. The van der Waals surface area contributed by atoms with Gasteiger partial charge in [0.2, 0.25) is 0 Å². The van der Waals surface area contributed by atoms with Crippen molar-refractivity contribution in [3.63, 3.8) is 0 Å². The van der Waals surface area contributed by atoms with Gasteiger partial charge < -0.3 is 10.2 Å². The number of aliphatic hydroxyl groups excluding tert-OH is 2. The van der Waals surface area contributed by atoms with Gasteiger partial charge in [-0.3, -0.25) is 0 Å². The summed E-state index contributed by atoms with van der Waals surface area (Å²) in [6, 6.07) is 0.